The van der Waals surface area contributed by atoms with Crippen molar-refractivity contribution in [2.75, 3.05) is 12.4 Å². The molecule has 0 unspecified atom stereocenters. The number of fused-ring (bicyclic) bond motifs is 1. The van der Waals surface area contributed by atoms with Crippen LogP contribution in [0.1, 0.15) is 25.6 Å². The molecule has 1 aromatic carbocycles. The second-order valence-corrected chi connectivity index (χ2v) is 5.23. The second kappa shape index (κ2) is 7.41. The molecule has 0 radical (unpaired) electrons. The Morgan fingerprint density at radius 2 is 2.29 bits per heavy atom. The van der Waals surface area contributed by atoms with E-state index < -0.39 is 0 Å². The summed E-state index contributed by atoms with van der Waals surface area (Å²) >= 11 is 5.79. The topological polar surface area (TPSA) is 46.9 Å². The Labute approximate surface area is 128 Å². The lowest BCUT2D eigenvalue weighted by Gasteiger charge is -2.09. The number of benzene rings is 1. The number of imidazole rings is 1. The predicted molar refractivity (Wildman–Crippen MR) is 82.0 cm³/mol. The second-order valence-electron chi connectivity index (χ2n) is 4.85. The third-order valence-corrected chi connectivity index (χ3v) is 3.43. The van der Waals surface area contributed by atoms with E-state index in [-0.39, 0.29) is 11.7 Å². The third-order valence-electron chi connectivity index (χ3n) is 3.24. The van der Waals surface area contributed by atoms with Gasteiger partial charge >= 0.3 is 0 Å². The van der Waals surface area contributed by atoms with E-state index >= 15 is 0 Å². The smallest absolute Gasteiger partial charge is 0.221 e. The molecule has 6 heteroatoms. The van der Waals surface area contributed by atoms with Crippen molar-refractivity contribution in [2.24, 2.45) is 0 Å². The molecule has 0 aliphatic carbocycles. The molecule has 0 saturated heterocycles. The Kier molecular flexibility index (Phi) is 5.56. The fraction of sp³-hybridized carbons (Fsp3) is 0.467. The van der Waals surface area contributed by atoms with Gasteiger partial charge in [0.15, 0.2) is 0 Å². The van der Waals surface area contributed by atoms with Crippen molar-refractivity contribution in [1.82, 2.24) is 14.9 Å². The zero-order valence-electron chi connectivity index (χ0n) is 12.0. The number of rotatable bonds is 7. The molecule has 0 saturated carbocycles. The van der Waals surface area contributed by atoms with Crippen LogP contribution >= 0.6 is 11.6 Å². The highest BCUT2D eigenvalue weighted by Crippen LogP contribution is 2.19. The average Bonchev–Trinajstić information content (AvgIpc) is 2.80. The van der Waals surface area contributed by atoms with Gasteiger partial charge in [-0.2, -0.15) is 0 Å². The molecule has 1 amide bonds. The highest BCUT2D eigenvalue weighted by Gasteiger charge is 2.12. The SMILES string of the molecule is CCCNC(=O)CCn1c(CCCl)nc2ccc(F)cc21. The lowest BCUT2D eigenvalue weighted by molar-refractivity contribution is -0.121. The zero-order chi connectivity index (χ0) is 15.2. The van der Waals surface area contributed by atoms with Crippen LogP contribution in [-0.4, -0.2) is 27.9 Å². The number of nitrogens with zero attached hydrogens (tertiary/aromatic N) is 2. The third kappa shape index (κ3) is 3.94. The van der Waals surface area contributed by atoms with E-state index in [9.17, 15) is 9.18 Å². The lowest BCUT2D eigenvalue weighted by atomic mass is 10.3. The number of carbonyl (C=O) groups is 1. The summed E-state index contributed by atoms with van der Waals surface area (Å²) in [5.41, 5.74) is 1.43. The molecular weight excluding hydrogens is 293 g/mol. The van der Waals surface area contributed by atoms with Crippen molar-refractivity contribution in [1.29, 1.82) is 0 Å². The van der Waals surface area contributed by atoms with Gasteiger partial charge in [-0.3, -0.25) is 4.79 Å². The molecule has 0 spiro atoms. The van der Waals surface area contributed by atoms with Crippen molar-refractivity contribution >= 4 is 28.5 Å². The fourth-order valence-electron chi connectivity index (χ4n) is 2.24. The molecule has 4 nitrogen and oxygen atoms in total. The standard InChI is InChI=1S/C15H19ClFN3O/c1-2-8-18-15(21)6-9-20-13-10-11(17)3-4-12(13)19-14(20)5-7-16/h3-4,10H,2,5-9H2,1H3,(H,18,21). The van der Waals surface area contributed by atoms with Crippen LogP contribution in [0.5, 0.6) is 0 Å². The quantitative estimate of drug-likeness (QED) is 0.799. The van der Waals surface area contributed by atoms with Gasteiger partial charge in [0.2, 0.25) is 5.91 Å². The van der Waals surface area contributed by atoms with Crippen LogP contribution in [0, 0.1) is 5.82 Å². The number of hydrogen-bond donors (Lipinski definition) is 1. The summed E-state index contributed by atoms with van der Waals surface area (Å²) in [6.45, 7) is 3.15. The number of halogens is 2. The van der Waals surface area contributed by atoms with Crippen molar-refractivity contribution in [3.05, 3.63) is 29.8 Å². The van der Waals surface area contributed by atoms with Gasteiger partial charge in [-0.25, -0.2) is 9.37 Å². The van der Waals surface area contributed by atoms with Gasteiger partial charge in [0.25, 0.3) is 0 Å². The first-order chi connectivity index (χ1) is 10.2. The highest BCUT2D eigenvalue weighted by molar-refractivity contribution is 6.17. The first-order valence-electron chi connectivity index (χ1n) is 7.13. The van der Waals surface area contributed by atoms with Gasteiger partial charge in [-0.15, -0.1) is 11.6 Å². The molecular formula is C15H19ClFN3O. The Morgan fingerprint density at radius 3 is 3.00 bits per heavy atom. The zero-order valence-corrected chi connectivity index (χ0v) is 12.8. The van der Waals surface area contributed by atoms with E-state index in [1.54, 1.807) is 6.07 Å². The van der Waals surface area contributed by atoms with Crippen LogP contribution in [-0.2, 0) is 17.8 Å². The van der Waals surface area contributed by atoms with Crippen LogP contribution in [0.3, 0.4) is 0 Å². The maximum Gasteiger partial charge on any atom is 0.221 e. The first kappa shape index (κ1) is 15.8. The normalized spacial score (nSPS) is 11.0. The molecule has 21 heavy (non-hydrogen) atoms. The lowest BCUT2D eigenvalue weighted by Crippen LogP contribution is -2.25. The molecule has 0 aliphatic rings. The van der Waals surface area contributed by atoms with E-state index in [0.717, 1.165) is 17.8 Å². The Bertz CT molecular complexity index is 627. The first-order valence-corrected chi connectivity index (χ1v) is 7.66. The van der Waals surface area contributed by atoms with Crippen LogP contribution < -0.4 is 5.32 Å². The molecule has 1 heterocycles. The van der Waals surface area contributed by atoms with Gasteiger partial charge in [0.05, 0.1) is 11.0 Å². The van der Waals surface area contributed by atoms with Gasteiger partial charge in [-0.05, 0) is 24.6 Å². The van der Waals surface area contributed by atoms with Crippen LogP contribution in [0.15, 0.2) is 18.2 Å². The molecule has 2 rings (SSSR count). The minimum Gasteiger partial charge on any atom is -0.356 e. The molecule has 0 aliphatic heterocycles. The molecule has 2 aromatic rings. The molecule has 114 valence electrons. The predicted octanol–water partition coefficient (Wildman–Crippen LogP) is 2.87. The van der Waals surface area contributed by atoms with Crippen LogP contribution in [0.25, 0.3) is 11.0 Å². The number of carbonyl (C=O) groups excluding carboxylic acids is 1. The fourth-order valence-corrected chi connectivity index (χ4v) is 2.41. The number of nitrogens with one attached hydrogen (secondary N) is 1. The largest absolute Gasteiger partial charge is 0.356 e. The summed E-state index contributed by atoms with van der Waals surface area (Å²) in [5, 5.41) is 2.83. The number of amides is 1. The van der Waals surface area contributed by atoms with Crippen LogP contribution in [0.2, 0.25) is 0 Å². The van der Waals surface area contributed by atoms with E-state index in [0.29, 0.717) is 37.3 Å². The van der Waals surface area contributed by atoms with E-state index in [2.05, 4.69) is 10.3 Å². The van der Waals surface area contributed by atoms with Crippen LogP contribution in [0.4, 0.5) is 4.39 Å². The average molecular weight is 312 g/mol. The van der Waals surface area contributed by atoms with Gasteiger partial charge in [-0.1, -0.05) is 6.92 Å². The maximum atomic E-state index is 13.4. The maximum absolute atomic E-state index is 13.4. The van der Waals surface area contributed by atoms with Crippen molar-refractivity contribution in [3.63, 3.8) is 0 Å². The summed E-state index contributed by atoms with van der Waals surface area (Å²) in [4.78, 5) is 16.2. The summed E-state index contributed by atoms with van der Waals surface area (Å²) in [6.07, 6.45) is 1.84. The number of alkyl halides is 1. The number of aromatic nitrogens is 2. The van der Waals surface area contributed by atoms with Gasteiger partial charge in [0.1, 0.15) is 11.6 Å². The Hall–Kier alpha value is -1.62. The summed E-state index contributed by atoms with van der Waals surface area (Å²) in [5.74, 6) is 0.908. The van der Waals surface area contributed by atoms with E-state index in [1.807, 2.05) is 11.5 Å². The monoisotopic (exact) mass is 311 g/mol. The highest BCUT2D eigenvalue weighted by atomic mass is 35.5. The Morgan fingerprint density at radius 1 is 1.48 bits per heavy atom. The molecule has 0 fully saturated rings. The van der Waals surface area contributed by atoms with Gasteiger partial charge in [0, 0.05) is 31.8 Å². The van der Waals surface area contributed by atoms with E-state index in [1.165, 1.54) is 12.1 Å². The minimum absolute atomic E-state index is 0.00748. The minimum atomic E-state index is -0.309. The molecule has 1 aromatic heterocycles. The van der Waals surface area contributed by atoms with Crippen molar-refractivity contribution in [2.45, 2.75) is 32.7 Å². The number of aryl methyl sites for hydroxylation is 2. The Balaban J connectivity index is 2.21. The van der Waals surface area contributed by atoms with E-state index in [4.69, 9.17) is 11.6 Å². The number of hydrogen-bond acceptors (Lipinski definition) is 2. The molecule has 0 bridgehead atoms. The molecule has 0 atom stereocenters. The summed E-state index contributed by atoms with van der Waals surface area (Å²) in [6, 6.07) is 4.48. The summed E-state index contributed by atoms with van der Waals surface area (Å²) in [7, 11) is 0. The summed E-state index contributed by atoms with van der Waals surface area (Å²) < 4.78 is 15.3. The molecule has 1 N–H and O–H groups in total. The van der Waals surface area contributed by atoms with Gasteiger partial charge < -0.3 is 9.88 Å². The van der Waals surface area contributed by atoms with Crippen molar-refractivity contribution < 1.29 is 9.18 Å². The van der Waals surface area contributed by atoms with Crippen molar-refractivity contribution in [3.8, 4) is 0 Å².